The summed E-state index contributed by atoms with van der Waals surface area (Å²) in [5.41, 5.74) is 7.37. The Morgan fingerprint density at radius 2 is 2.10 bits per heavy atom. The summed E-state index contributed by atoms with van der Waals surface area (Å²) in [6, 6.07) is 4.33. The number of carbonyl (C=O) groups is 3. The fourth-order valence-electron chi connectivity index (χ4n) is 2.31. The first kappa shape index (κ1) is 14.8. The molecule has 0 spiro atoms. The van der Waals surface area contributed by atoms with Crippen LogP contribution in [-0.4, -0.2) is 37.9 Å². The molecular formula is C14H18N4O3. The van der Waals surface area contributed by atoms with Gasteiger partial charge < -0.3 is 16.0 Å². The zero-order valence-corrected chi connectivity index (χ0v) is 12.0. The number of hydrogen-bond acceptors (Lipinski definition) is 5. The predicted molar refractivity (Wildman–Crippen MR) is 78.8 cm³/mol. The van der Waals surface area contributed by atoms with Gasteiger partial charge in [-0.2, -0.15) is 0 Å². The minimum absolute atomic E-state index is 0.216. The SMILES string of the molecule is CN(C)c1c(N)cccc1C(=O)NC1CCC(=O)NC1=O. The van der Waals surface area contributed by atoms with Crippen LogP contribution in [0.1, 0.15) is 23.2 Å². The lowest BCUT2D eigenvalue weighted by Gasteiger charge is -2.24. The van der Waals surface area contributed by atoms with Gasteiger partial charge in [0, 0.05) is 20.5 Å². The van der Waals surface area contributed by atoms with Crippen molar-refractivity contribution in [2.45, 2.75) is 18.9 Å². The number of piperidine rings is 1. The molecule has 7 heteroatoms. The van der Waals surface area contributed by atoms with Crippen LogP contribution < -0.4 is 21.3 Å². The molecule has 1 heterocycles. The minimum Gasteiger partial charge on any atom is -0.397 e. The van der Waals surface area contributed by atoms with E-state index in [0.29, 0.717) is 23.4 Å². The van der Waals surface area contributed by atoms with Crippen molar-refractivity contribution < 1.29 is 14.4 Å². The van der Waals surface area contributed by atoms with Crippen LogP contribution in [0.15, 0.2) is 18.2 Å². The average molecular weight is 290 g/mol. The summed E-state index contributed by atoms with van der Waals surface area (Å²) >= 11 is 0. The number of nitrogens with two attached hydrogens (primary N) is 1. The maximum absolute atomic E-state index is 12.4. The van der Waals surface area contributed by atoms with Gasteiger partial charge in [0.25, 0.3) is 5.91 Å². The molecule has 0 saturated carbocycles. The van der Waals surface area contributed by atoms with Gasteiger partial charge in [0.05, 0.1) is 16.9 Å². The quantitative estimate of drug-likeness (QED) is 0.531. The molecular weight excluding hydrogens is 272 g/mol. The van der Waals surface area contributed by atoms with Gasteiger partial charge >= 0.3 is 0 Å². The topological polar surface area (TPSA) is 105 Å². The number of para-hydroxylation sites is 1. The predicted octanol–water partition coefficient (Wildman–Crippen LogP) is -0.130. The molecule has 1 saturated heterocycles. The van der Waals surface area contributed by atoms with Gasteiger partial charge in [-0.25, -0.2) is 0 Å². The number of nitrogens with one attached hydrogen (secondary N) is 2. The lowest BCUT2D eigenvalue weighted by molar-refractivity contribution is -0.134. The van der Waals surface area contributed by atoms with E-state index < -0.39 is 11.9 Å². The molecule has 112 valence electrons. The Hall–Kier alpha value is -2.57. The van der Waals surface area contributed by atoms with E-state index in [-0.39, 0.29) is 18.2 Å². The third-order valence-corrected chi connectivity index (χ3v) is 3.30. The molecule has 0 aromatic heterocycles. The maximum Gasteiger partial charge on any atom is 0.254 e. The normalized spacial score (nSPS) is 18.1. The smallest absolute Gasteiger partial charge is 0.254 e. The molecule has 1 aromatic rings. The van der Waals surface area contributed by atoms with E-state index in [1.807, 2.05) is 0 Å². The molecule has 1 fully saturated rings. The molecule has 7 nitrogen and oxygen atoms in total. The zero-order valence-electron chi connectivity index (χ0n) is 12.0. The Labute approximate surface area is 122 Å². The Morgan fingerprint density at radius 3 is 2.71 bits per heavy atom. The molecule has 3 amide bonds. The fourth-order valence-corrected chi connectivity index (χ4v) is 2.31. The lowest BCUT2D eigenvalue weighted by atomic mass is 10.0. The highest BCUT2D eigenvalue weighted by atomic mass is 16.2. The summed E-state index contributed by atoms with van der Waals surface area (Å²) in [7, 11) is 3.57. The van der Waals surface area contributed by atoms with Crippen molar-refractivity contribution in [1.29, 1.82) is 0 Å². The van der Waals surface area contributed by atoms with E-state index in [1.165, 1.54) is 0 Å². The van der Waals surface area contributed by atoms with Crippen molar-refractivity contribution in [3.05, 3.63) is 23.8 Å². The zero-order chi connectivity index (χ0) is 15.6. The Bertz CT molecular complexity index is 598. The van der Waals surface area contributed by atoms with E-state index in [1.54, 1.807) is 37.2 Å². The third kappa shape index (κ3) is 3.13. The van der Waals surface area contributed by atoms with Crippen molar-refractivity contribution in [2.75, 3.05) is 24.7 Å². The standard InChI is InChI=1S/C14H18N4O3/c1-18(2)12-8(4-3-5-9(12)15)13(20)16-10-6-7-11(19)17-14(10)21/h3-5,10H,6-7,15H2,1-2H3,(H,16,20)(H,17,19,21). The number of anilines is 2. The molecule has 1 aliphatic heterocycles. The Balaban J connectivity index is 2.20. The molecule has 4 N–H and O–H groups in total. The highest BCUT2D eigenvalue weighted by Gasteiger charge is 2.29. The molecule has 1 aromatic carbocycles. The molecule has 0 bridgehead atoms. The summed E-state index contributed by atoms with van der Waals surface area (Å²) in [6.07, 6.45) is 0.518. The molecule has 1 aliphatic rings. The second-order valence-electron chi connectivity index (χ2n) is 5.11. The van der Waals surface area contributed by atoms with Gasteiger partial charge in [0.2, 0.25) is 11.8 Å². The van der Waals surface area contributed by atoms with Crippen LogP contribution in [0.5, 0.6) is 0 Å². The monoisotopic (exact) mass is 290 g/mol. The van der Waals surface area contributed by atoms with Crippen LogP contribution in [0.2, 0.25) is 0 Å². The molecule has 1 unspecified atom stereocenters. The minimum atomic E-state index is -0.702. The van der Waals surface area contributed by atoms with E-state index in [0.717, 1.165) is 0 Å². The van der Waals surface area contributed by atoms with E-state index >= 15 is 0 Å². The second-order valence-corrected chi connectivity index (χ2v) is 5.11. The van der Waals surface area contributed by atoms with E-state index in [9.17, 15) is 14.4 Å². The molecule has 1 atom stereocenters. The molecule has 0 aliphatic carbocycles. The second kappa shape index (κ2) is 5.82. The number of rotatable bonds is 3. The highest BCUT2D eigenvalue weighted by molar-refractivity contribution is 6.06. The number of nitrogens with zero attached hydrogens (tertiary/aromatic N) is 1. The van der Waals surface area contributed by atoms with Gasteiger partial charge in [-0.05, 0) is 18.6 Å². The molecule has 0 radical (unpaired) electrons. The Morgan fingerprint density at radius 1 is 1.38 bits per heavy atom. The van der Waals surface area contributed by atoms with Crippen LogP contribution in [-0.2, 0) is 9.59 Å². The van der Waals surface area contributed by atoms with Crippen molar-refractivity contribution in [1.82, 2.24) is 10.6 Å². The van der Waals surface area contributed by atoms with E-state index in [2.05, 4.69) is 10.6 Å². The first-order valence-electron chi connectivity index (χ1n) is 6.60. The largest absolute Gasteiger partial charge is 0.397 e. The summed E-state index contributed by atoms with van der Waals surface area (Å²) in [6.45, 7) is 0. The fraction of sp³-hybridized carbons (Fsp3) is 0.357. The van der Waals surface area contributed by atoms with Crippen LogP contribution in [0, 0.1) is 0 Å². The maximum atomic E-state index is 12.4. The number of hydrogen-bond donors (Lipinski definition) is 3. The number of amides is 3. The van der Waals surface area contributed by atoms with Crippen LogP contribution in [0.3, 0.4) is 0 Å². The van der Waals surface area contributed by atoms with Crippen molar-refractivity contribution in [2.24, 2.45) is 0 Å². The number of imide groups is 1. The van der Waals surface area contributed by atoms with Gasteiger partial charge in [-0.1, -0.05) is 6.07 Å². The Kier molecular flexibility index (Phi) is 4.11. The third-order valence-electron chi connectivity index (χ3n) is 3.30. The number of nitrogen functional groups attached to an aromatic ring is 1. The van der Waals surface area contributed by atoms with Crippen molar-refractivity contribution >= 4 is 29.1 Å². The van der Waals surface area contributed by atoms with Crippen molar-refractivity contribution in [3.8, 4) is 0 Å². The van der Waals surface area contributed by atoms with Gasteiger partial charge in [0.1, 0.15) is 6.04 Å². The summed E-state index contributed by atoms with van der Waals surface area (Å²) in [5.74, 6) is -1.18. The van der Waals surface area contributed by atoms with Gasteiger partial charge in [-0.15, -0.1) is 0 Å². The van der Waals surface area contributed by atoms with Crippen LogP contribution in [0.25, 0.3) is 0 Å². The summed E-state index contributed by atoms with van der Waals surface area (Å²) < 4.78 is 0. The summed E-state index contributed by atoms with van der Waals surface area (Å²) in [5, 5.41) is 4.85. The lowest BCUT2D eigenvalue weighted by Crippen LogP contribution is -2.52. The van der Waals surface area contributed by atoms with Crippen LogP contribution in [0.4, 0.5) is 11.4 Å². The average Bonchev–Trinajstić information content (AvgIpc) is 2.41. The first-order chi connectivity index (χ1) is 9.90. The highest BCUT2D eigenvalue weighted by Crippen LogP contribution is 2.26. The van der Waals surface area contributed by atoms with E-state index in [4.69, 9.17) is 5.73 Å². The molecule has 21 heavy (non-hydrogen) atoms. The summed E-state index contributed by atoms with van der Waals surface area (Å²) in [4.78, 5) is 36.9. The number of benzene rings is 1. The van der Waals surface area contributed by atoms with Gasteiger partial charge in [-0.3, -0.25) is 19.7 Å². The molecule has 2 rings (SSSR count). The number of carbonyl (C=O) groups excluding carboxylic acids is 3. The van der Waals surface area contributed by atoms with Crippen molar-refractivity contribution in [3.63, 3.8) is 0 Å². The van der Waals surface area contributed by atoms with Gasteiger partial charge in [0.15, 0.2) is 0 Å². The van der Waals surface area contributed by atoms with Crippen LogP contribution >= 0.6 is 0 Å². The first-order valence-corrected chi connectivity index (χ1v) is 6.60.